The molecule has 0 nitrogen and oxygen atoms in total. The zero-order valence-electron chi connectivity index (χ0n) is 22.5. The summed E-state index contributed by atoms with van der Waals surface area (Å²) in [6.45, 7) is 33.9. The van der Waals surface area contributed by atoms with Crippen molar-refractivity contribution in [2.45, 2.75) is 103 Å². The second kappa shape index (κ2) is 8.25. The van der Waals surface area contributed by atoms with Crippen LogP contribution in [0.2, 0.25) is 0 Å². The molecule has 0 spiro atoms. The van der Waals surface area contributed by atoms with Crippen LogP contribution in [0.3, 0.4) is 0 Å². The molecule has 0 fully saturated rings. The fourth-order valence-corrected chi connectivity index (χ4v) is 13.5. The molecule has 30 heavy (non-hydrogen) atoms. The maximum absolute atomic E-state index is 2.70. The summed E-state index contributed by atoms with van der Waals surface area (Å²) in [7, 11) is 0. The van der Waals surface area contributed by atoms with Gasteiger partial charge in [-0.2, -0.15) is 0 Å². The summed E-state index contributed by atoms with van der Waals surface area (Å²) < 4.78 is 5.33. The van der Waals surface area contributed by atoms with Crippen LogP contribution in [-0.2, 0) is 21.3 Å². The van der Waals surface area contributed by atoms with Crippen LogP contribution in [-0.4, -0.2) is 3.21 Å². The first-order valence-electron chi connectivity index (χ1n) is 11.8. The van der Waals surface area contributed by atoms with E-state index in [0.717, 1.165) is 0 Å². The summed E-state index contributed by atoms with van der Waals surface area (Å²) in [6, 6.07) is 0. The van der Waals surface area contributed by atoms with Crippen LogP contribution in [0.4, 0.5) is 0 Å². The predicted octanol–water partition coefficient (Wildman–Crippen LogP) is 9.03. The van der Waals surface area contributed by atoms with Crippen molar-refractivity contribution in [2.75, 3.05) is 0 Å². The summed E-state index contributed by atoms with van der Waals surface area (Å²) in [5.41, 5.74) is 5.82. The average Bonchev–Trinajstić information content (AvgIpc) is 3.09. The van der Waals surface area contributed by atoms with E-state index >= 15 is 0 Å². The SMILES string of the molecule is C[C](C)=[Zr]([C]1=CC=C(C(C)(C)C)C1)[C]1=CC(C(C)(C)C)=C(C(C)(C)C)C1C(C)(C)C. The average molecular weight is 488 g/mol. The molecule has 0 radical (unpaired) electrons. The second-order valence-corrected chi connectivity index (χ2v) is 21.2. The van der Waals surface area contributed by atoms with Crippen molar-refractivity contribution in [1.82, 2.24) is 0 Å². The monoisotopic (exact) mass is 486 g/mol. The Morgan fingerprint density at radius 3 is 1.63 bits per heavy atom. The molecule has 0 N–H and O–H groups in total. The van der Waals surface area contributed by atoms with Gasteiger partial charge in [0.05, 0.1) is 0 Å². The Balaban J connectivity index is 2.68. The Bertz CT molecular complexity index is 849. The van der Waals surface area contributed by atoms with E-state index in [4.69, 9.17) is 0 Å². The van der Waals surface area contributed by atoms with Gasteiger partial charge in [-0.1, -0.05) is 0 Å². The van der Waals surface area contributed by atoms with E-state index in [-0.39, 0.29) is 21.7 Å². The topological polar surface area (TPSA) is 0 Å². The van der Waals surface area contributed by atoms with E-state index in [0.29, 0.717) is 5.92 Å². The van der Waals surface area contributed by atoms with Crippen LogP contribution in [0.5, 0.6) is 0 Å². The molecule has 2 aliphatic carbocycles. The molecule has 2 aliphatic rings. The molecule has 0 bridgehead atoms. The Kier molecular flexibility index (Phi) is 7.14. The van der Waals surface area contributed by atoms with Gasteiger partial charge in [0.2, 0.25) is 0 Å². The van der Waals surface area contributed by atoms with Gasteiger partial charge in [-0.25, -0.2) is 0 Å². The molecule has 0 aromatic rings. The minimum atomic E-state index is -2.10. The van der Waals surface area contributed by atoms with Gasteiger partial charge in [-0.05, 0) is 0 Å². The van der Waals surface area contributed by atoms with Gasteiger partial charge >= 0.3 is 197 Å². The van der Waals surface area contributed by atoms with Gasteiger partial charge in [0.15, 0.2) is 0 Å². The van der Waals surface area contributed by atoms with Gasteiger partial charge in [0, 0.05) is 0 Å². The van der Waals surface area contributed by atoms with E-state index in [1.54, 1.807) is 23.2 Å². The summed E-state index contributed by atoms with van der Waals surface area (Å²) in [5.74, 6) is 0.565. The van der Waals surface area contributed by atoms with Crippen molar-refractivity contribution in [3.63, 3.8) is 0 Å². The Labute approximate surface area is 196 Å². The fraction of sp³-hybridized carbons (Fsp3) is 0.690. The van der Waals surface area contributed by atoms with Crippen LogP contribution in [0, 0.1) is 27.6 Å². The number of hydrogen-bond acceptors (Lipinski definition) is 0. The van der Waals surface area contributed by atoms with Crippen LogP contribution in [0.15, 0.2) is 41.5 Å². The molecule has 1 unspecified atom stereocenters. The molecular formula is C29H48Zr. The molecule has 1 atom stereocenters. The van der Waals surface area contributed by atoms with Crippen molar-refractivity contribution in [1.29, 1.82) is 0 Å². The van der Waals surface area contributed by atoms with E-state index < -0.39 is 21.3 Å². The summed E-state index contributed by atoms with van der Waals surface area (Å²) in [6.07, 6.45) is 8.87. The molecule has 0 aromatic heterocycles. The predicted molar refractivity (Wildman–Crippen MR) is 134 cm³/mol. The first kappa shape index (κ1) is 26.0. The molecule has 0 saturated heterocycles. The van der Waals surface area contributed by atoms with Crippen LogP contribution in [0.1, 0.15) is 103 Å². The third-order valence-electron chi connectivity index (χ3n) is 6.61. The Hall–Kier alpha value is -0.287. The minimum absolute atomic E-state index is 0.183. The van der Waals surface area contributed by atoms with Gasteiger partial charge in [-0.15, -0.1) is 0 Å². The zero-order valence-corrected chi connectivity index (χ0v) is 25.0. The van der Waals surface area contributed by atoms with Crippen molar-refractivity contribution in [3.05, 3.63) is 41.5 Å². The first-order chi connectivity index (χ1) is 13.3. The molecule has 1 heteroatoms. The maximum atomic E-state index is 2.70. The van der Waals surface area contributed by atoms with E-state index in [9.17, 15) is 0 Å². The molecule has 0 saturated carbocycles. The second-order valence-electron chi connectivity index (χ2n) is 13.9. The number of allylic oxidation sites excluding steroid dienone is 8. The van der Waals surface area contributed by atoms with Gasteiger partial charge < -0.3 is 0 Å². The standard InChI is InChI=1S/C17H29.C9H13.C3H6.Zr/c1-15(2,3)12-10-11-13(16(4,5)6)14(12)17(7,8)9;1-9(2,3)8-6-4-5-7-8;1-3-2;/h10,13H,1-9H3;4,6H,7H2,1-3H3;1-2H3;. The van der Waals surface area contributed by atoms with Crippen LogP contribution < -0.4 is 0 Å². The third kappa shape index (κ3) is 5.36. The van der Waals surface area contributed by atoms with Crippen molar-refractivity contribution >= 4 is 3.21 Å². The van der Waals surface area contributed by atoms with Gasteiger partial charge in [0.1, 0.15) is 0 Å². The van der Waals surface area contributed by atoms with E-state index in [2.05, 4.69) is 115 Å². The fourth-order valence-electron chi connectivity index (χ4n) is 5.21. The van der Waals surface area contributed by atoms with Crippen molar-refractivity contribution in [3.8, 4) is 0 Å². The Morgan fingerprint density at radius 2 is 1.30 bits per heavy atom. The van der Waals surface area contributed by atoms with Gasteiger partial charge in [0.25, 0.3) is 0 Å². The van der Waals surface area contributed by atoms with Crippen LogP contribution in [0.25, 0.3) is 0 Å². The molecule has 168 valence electrons. The third-order valence-corrected chi connectivity index (χ3v) is 14.0. The number of rotatable bonds is 2. The molecule has 0 aliphatic heterocycles. The summed E-state index contributed by atoms with van der Waals surface area (Å²) in [4.78, 5) is 0. The molecule has 0 amide bonds. The van der Waals surface area contributed by atoms with Crippen molar-refractivity contribution in [2.24, 2.45) is 27.6 Å². The first-order valence-corrected chi connectivity index (χ1v) is 15.5. The molecular weight excluding hydrogens is 440 g/mol. The summed E-state index contributed by atoms with van der Waals surface area (Å²) >= 11 is -2.10. The molecule has 2 rings (SSSR count). The van der Waals surface area contributed by atoms with Gasteiger partial charge in [-0.3, -0.25) is 0 Å². The quantitative estimate of drug-likeness (QED) is 0.364. The number of hydrogen-bond donors (Lipinski definition) is 0. The Morgan fingerprint density at radius 1 is 0.767 bits per heavy atom. The van der Waals surface area contributed by atoms with Crippen LogP contribution >= 0.6 is 0 Å². The zero-order chi connectivity index (χ0) is 23.4. The normalized spacial score (nSPS) is 21.0. The van der Waals surface area contributed by atoms with E-state index in [1.807, 2.05) is 3.28 Å². The van der Waals surface area contributed by atoms with Crippen molar-refractivity contribution < 1.29 is 21.3 Å². The van der Waals surface area contributed by atoms with E-state index in [1.165, 1.54) is 6.42 Å². The molecule has 0 heterocycles. The molecule has 0 aromatic carbocycles. The summed E-state index contributed by atoms with van der Waals surface area (Å²) in [5, 5.41) is 0.